The standard InChI is InChI=1S/C33H23NO.C30H19NO/c1-33(2)26-14-6-3-10-20(26)24-18-25-21-11-4-7-15-28(21)34(30(25)19-27(24)33)29-16-9-13-23-22-12-5-8-17-31(22)35-32(23)29;1-2-9-20(10-3-1)21-17-18-27-25(19-21)22-11-4-6-14-26(22)31(27)28-15-8-13-24-23-12-5-7-16-29(23)32-30(24)28/h3-19H,1-2H3;1-19H. The fraction of sp³-hybridized carbons (Fsp3) is 0.0476. The third-order valence-electron chi connectivity index (χ3n) is 14.4. The Labute approximate surface area is 386 Å². The van der Waals surface area contributed by atoms with Crippen LogP contribution in [0.4, 0.5) is 0 Å². The number of hydrogen-bond acceptors (Lipinski definition) is 2. The Balaban J connectivity index is 0.000000128. The maximum Gasteiger partial charge on any atom is 0.159 e. The highest BCUT2D eigenvalue weighted by molar-refractivity contribution is 6.15. The molecule has 67 heavy (non-hydrogen) atoms. The Hall–Kier alpha value is -8.60. The highest BCUT2D eigenvalue weighted by Gasteiger charge is 2.36. The molecule has 0 unspecified atom stereocenters. The Kier molecular flexibility index (Phi) is 8.00. The molecule has 15 rings (SSSR count). The molecule has 0 saturated heterocycles. The number of aromatic nitrogens is 2. The van der Waals surface area contributed by atoms with Gasteiger partial charge in [0.25, 0.3) is 0 Å². The summed E-state index contributed by atoms with van der Waals surface area (Å²) in [5.74, 6) is 0. The molecule has 0 aliphatic heterocycles. The van der Waals surface area contributed by atoms with Gasteiger partial charge in [0.15, 0.2) is 11.2 Å². The Morgan fingerprint density at radius 3 is 1.45 bits per heavy atom. The van der Waals surface area contributed by atoms with Crippen molar-refractivity contribution >= 4 is 87.5 Å². The van der Waals surface area contributed by atoms with Gasteiger partial charge in [-0.1, -0.05) is 172 Å². The largest absolute Gasteiger partial charge is 0.454 e. The normalized spacial score (nSPS) is 13.0. The Bertz CT molecular complexity index is 4310. The third-order valence-corrected chi connectivity index (χ3v) is 14.4. The smallest absolute Gasteiger partial charge is 0.159 e. The molecule has 0 radical (unpaired) electrons. The van der Waals surface area contributed by atoms with E-state index in [1.165, 1.54) is 77.0 Å². The second-order valence-corrected chi connectivity index (χ2v) is 18.4. The van der Waals surface area contributed by atoms with E-state index in [-0.39, 0.29) is 5.41 Å². The van der Waals surface area contributed by atoms with Crippen molar-refractivity contribution in [3.8, 4) is 33.6 Å². The molecule has 4 heteroatoms. The molecule has 4 aromatic heterocycles. The summed E-state index contributed by atoms with van der Waals surface area (Å²) in [6.45, 7) is 4.69. The molecular weight excluding hydrogens is 817 g/mol. The monoisotopic (exact) mass is 858 g/mol. The minimum Gasteiger partial charge on any atom is -0.454 e. The molecule has 316 valence electrons. The summed E-state index contributed by atoms with van der Waals surface area (Å²) in [5.41, 5.74) is 18.5. The summed E-state index contributed by atoms with van der Waals surface area (Å²) in [6, 6.07) is 77.8. The molecule has 0 atom stereocenters. The van der Waals surface area contributed by atoms with Crippen LogP contribution in [-0.2, 0) is 5.41 Å². The highest BCUT2D eigenvalue weighted by atomic mass is 16.3. The molecular formula is C63H42N2O2. The second kappa shape index (κ2) is 14.2. The maximum atomic E-state index is 6.47. The van der Waals surface area contributed by atoms with Crippen LogP contribution in [0, 0.1) is 0 Å². The topological polar surface area (TPSA) is 36.1 Å². The number of hydrogen-bond donors (Lipinski definition) is 0. The van der Waals surface area contributed by atoms with Crippen LogP contribution in [0.15, 0.2) is 227 Å². The predicted molar refractivity (Wildman–Crippen MR) is 279 cm³/mol. The Morgan fingerprint density at radius 2 is 0.806 bits per heavy atom. The van der Waals surface area contributed by atoms with Crippen LogP contribution in [-0.4, -0.2) is 9.13 Å². The average Bonchev–Trinajstić information content (AvgIpc) is 4.17. The molecule has 1 aliphatic rings. The van der Waals surface area contributed by atoms with Gasteiger partial charge in [0.2, 0.25) is 0 Å². The fourth-order valence-electron chi connectivity index (χ4n) is 11.3. The highest BCUT2D eigenvalue weighted by Crippen LogP contribution is 2.51. The molecule has 0 spiro atoms. The summed E-state index contributed by atoms with van der Waals surface area (Å²) in [6.07, 6.45) is 0. The first-order chi connectivity index (χ1) is 33.0. The lowest BCUT2D eigenvalue weighted by Crippen LogP contribution is -2.14. The number of rotatable bonds is 3. The molecule has 0 saturated carbocycles. The van der Waals surface area contributed by atoms with Crippen molar-refractivity contribution in [2.45, 2.75) is 19.3 Å². The van der Waals surface area contributed by atoms with Gasteiger partial charge in [-0.3, -0.25) is 0 Å². The molecule has 10 aromatic carbocycles. The van der Waals surface area contributed by atoms with Crippen molar-refractivity contribution in [3.05, 3.63) is 230 Å². The molecule has 4 heterocycles. The van der Waals surface area contributed by atoms with Crippen molar-refractivity contribution in [2.24, 2.45) is 0 Å². The van der Waals surface area contributed by atoms with Gasteiger partial charge < -0.3 is 18.0 Å². The van der Waals surface area contributed by atoms with Crippen LogP contribution >= 0.6 is 0 Å². The SMILES string of the molecule is CC1(C)c2ccccc2-c2cc3c4ccccc4n(-c4cccc5c4oc4ccccc45)c3cc21.c1ccc(-c2ccc3c(c2)c2ccccc2n3-c2cccc3c2oc2ccccc23)cc1. The first kappa shape index (κ1) is 37.7. The second-order valence-electron chi connectivity index (χ2n) is 18.4. The third kappa shape index (κ3) is 5.47. The minimum atomic E-state index is -0.0488. The zero-order chi connectivity index (χ0) is 44.4. The fourth-order valence-corrected chi connectivity index (χ4v) is 11.3. The van der Waals surface area contributed by atoms with E-state index in [0.29, 0.717) is 0 Å². The molecule has 4 nitrogen and oxygen atoms in total. The number of benzene rings is 10. The summed E-state index contributed by atoms with van der Waals surface area (Å²) in [7, 11) is 0. The van der Waals surface area contributed by atoms with Gasteiger partial charge in [0.05, 0.1) is 33.4 Å². The predicted octanol–water partition coefficient (Wildman–Crippen LogP) is 17.3. The van der Waals surface area contributed by atoms with Crippen LogP contribution in [0.5, 0.6) is 0 Å². The number of nitrogens with zero attached hydrogens (tertiary/aromatic N) is 2. The van der Waals surface area contributed by atoms with Crippen LogP contribution in [0.25, 0.3) is 121 Å². The van der Waals surface area contributed by atoms with Gasteiger partial charge in [-0.2, -0.15) is 0 Å². The summed E-state index contributed by atoms with van der Waals surface area (Å²) in [5, 5.41) is 9.63. The molecule has 0 fully saturated rings. The summed E-state index contributed by atoms with van der Waals surface area (Å²) >= 11 is 0. The van der Waals surface area contributed by atoms with Crippen LogP contribution < -0.4 is 0 Å². The van der Waals surface area contributed by atoms with Crippen molar-refractivity contribution in [1.82, 2.24) is 9.13 Å². The van der Waals surface area contributed by atoms with E-state index in [9.17, 15) is 0 Å². The van der Waals surface area contributed by atoms with E-state index in [1.807, 2.05) is 18.2 Å². The van der Waals surface area contributed by atoms with Crippen molar-refractivity contribution in [3.63, 3.8) is 0 Å². The zero-order valence-electron chi connectivity index (χ0n) is 37.0. The number of para-hydroxylation sites is 6. The molecule has 0 N–H and O–H groups in total. The van der Waals surface area contributed by atoms with Crippen molar-refractivity contribution in [1.29, 1.82) is 0 Å². The van der Waals surface area contributed by atoms with Crippen LogP contribution in [0.2, 0.25) is 0 Å². The molecule has 14 aromatic rings. The first-order valence-electron chi connectivity index (χ1n) is 23.1. The summed E-state index contributed by atoms with van der Waals surface area (Å²) in [4.78, 5) is 0. The lowest BCUT2D eigenvalue weighted by Gasteiger charge is -2.21. The van der Waals surface area contributed by atoms with E-state index in [4.69, 9.17) is 8.83 Å². The van der Waals surface area contributed by atoms with E-state index in [0.717, 1.165) is 55.3 Å². The van der Waals surface area contributed by atoms with E-state index in [2.05, 4.69) is 223 Å². The van der Waals surface area contributed by atoms with Gasteiger partial charge in [-0.05, 0) is 94.0 Å². The van der Waals surface area contributed by atoms with Crippen LogP contribution in [0.3, 0.4) is 0 Å². The maximum absolute atomic E-state index is 6.47. The van der Waals surface area contributed by atoms with Gasteiger partial charge >= 0.3 is 0 Å². The van der Waals surface area contributed by atoms with E-state index < -0.39 is 0 Å². The molecule has 0 bridgehead atoms. The van der Waals surface area contributed by atoms with Gasteiger partial charge in [-0.15, -0.1) is 0 Å². The average molecular weight is 859 g/mol. The number of furan rings is 2. The molecule has 0 amide bonds. The number of fused-ring (bicyclic) bond motifs is 15. The lowest BCUT2D eigenvalue weighted by atomic mass is 9.82. The summed E-state index contributed by atoms with van der Waals surface area (Å²) < 4.78 is 17.6. The van der Waals surface area contributed by atoms with Gasteiger partial charge in [-0.25, -0.2) is 0 Å². The van der Waals surface area contributed by atoms with E-state index >= 15 is 0 Å². The van der Waals surface area contributed by atoms with Crippen molar-refractivity contribution < 1.29 is 8.83 Å². The lowest BCUT2D eigenvalue weighted by molar-refractivity contribution is 0.660. The van der Waals surface area contributed by atoms with Crippen molar-refractivity contribution in [2.75, 3.05) is 0 Å². The van der Waals surface area contributed by atoms with Gasteiger partial charge in [0.1, 0.15) is 11.2 Å². The minimum absolute atomic E-state index is 0.0488. The van der Waals surface area contributed by atoms with Gasteiger partial charge in [0, 0.05) is 48.5 Å². The first-order valence-corrected chi connectivity index (χ1v) is 23.1. The molecule has 1 aliphatic carbocycles. The Morgan fingerprint density at radius 1 is 0.313 bits per heavy atom. The zero-order valence-corrected chi connectivity index (χ0v) is 37.0. The van der Waals surface area contributed by atoms with Crippen LogP contribution in [0.1, 0.15) is 25.0 Å². The van der Waals surface area contributed by atoms with E-state index in [1.54, 1.807) is 0 Å². The quantitative estimate of drug-likeness (QED) is 0.177.